The first-order chi connectivity index (χ1) is 11.0. The Bertz CT molecular complexity index is 748. The third-order valence-corrected chi connectivity index (χ3v) is 4.70. The minimum absolute atomic E-state index is 0.292. The van der Waals surface area contributed by atoms with E-state index < -0.39 is 0 Å². The molecule has 7 heteroatoms. The molecule has 0 spiro atoms. The topological polar surface area (TPSA) is 59.9 Å². The molecule has 1 N–H and O–H groups in total. The van der Waals surface area contributed by atoms with Crippen molar-refractivity contribution in [2.75, 3.05) is 14.2 Å². The van der Waals surface area contributed by atoms with E-state index >= 15 is 0 Å². The molecule has 1 amide bonds. The molecule has 0 unspecified atom stereocenters. The van der Waals surface area contributed by atoms with Crippen LogP contribution in [0.5, 0.6) is 11.5 Å². The van der Waals surface area contributed by atoms with Crippen LogP contribution in [0.4, 0.5) is 0 Å². The standard InChI is InChI=1S/C16H14I2N2O3/c1-22-14-6-3-10(7-13(14)18)9-19-20-16(21)11-4-5-12(17)15(8-11)23-2/h3-9H,1-2H3,(H,20,21)/b19-9-. The van der Waals surface area contributed by atoms with Gasteiger partial charge in [0.15, 0.2) is 0 Å². The fraction of sp³-hybridized carbons (Fsp3) is 0.125. The number of ether oxygens (including phenoxy) is 2. The predicted octanol–water partition coefficient (Wildman–Crippen LogP) is 3.68. The van der Waals surface area contributed by atoms with Crippen molar-refractivity contribution in [3.8, 4) is 11.5 Å². The number of benzene rings is 2. The van der Waals surface area contributed by atoms with E-state index in [2.05, 4.69) is 55.7 Å². The van der Waals surface area contributed by atoms with Gasteiger partial charge in [-0.15, -0.1) is 0 Å². The number of nitrogens with one attached hydrogen (secondary N) is 1. The number of hydrogen-bond acceptors (Lipinski definition) is 4. The van der Waals surface area contributed by atoms with E-state index in [1.54, 1.807) is 32.6 Å². The number of carbonyl (C=O) groups excluding carboxylic acids is 1. The Morgan fingerprint density at radius 3 is 2.43 bits per heavy atom. The second kappa shape index (κ2) is 8.48. The van der Waals surface area contributed by atoms with Gasteiger partial charge in [-0.05, 0) is 87.1 Å². The Hall–Kier alpha value is -1.36. The molecule has 0 atom stereocenters. The molecule has 2 aromatic carbocycles. The molecule has 23 heavy (non-hydrogen) atoms. The van der Waals surface area contributed by atoms with E-state index in [1.807, 2.05) is 24.3 Å². The van der Waals surface area contributed by atoms with Gasteiger partial charge in [-0.1, -0.05) is 0 Å². The van der Waals surface area contributed by atoms with Crippen LogP contribution in [0.25, 0.3) is 0 Å². The van der Waals surface area contributed by atoms with Crippen molar-refractivity contribution in [1.29, 1.82) is 0 Å². The van der Waals surface area contributed by atoms with Gasteiger partial charge in [0.05, 0.1) is 27.6 Å². The van der Waals surface area contributed by atoms with Gasteiger partial charge in [0.25, 0.3) is 5.91 Å². The molecule has 0 heterocycles. The zero-order valence-electron chi connectivity index (χ0n) is 12.5. The van der Waals surface area contributed by atoms with Crippen LogP contribution in [0.3, 0.4) is 0 Å². The lowest BCUT2D eigenvalue weighted by Gasteiger charge is -2.06. The molecule has 0 saturated carbocycles. The first-order valence-electron chi connectivity index (χ1n) is 6.55. The SMILES string of the molecule is COc1ccc(/C=N\NC(=O)c2ccc(I)c(OC)c2)cc1I. The normalized spacial score (nSPS) is 10.6. The van der Waals surface area contributed by atoms with Crippen LogP contribution in [-0.2, 0) is 0 Å². The van der Waals surface area contributed by atoms with Gasteiger partial charge in [0.1, 0.15) is 11.5 Å². The Balaban J connectivity index is 2.05. The third kappa shape index (κ3) is 4.80. The summed E-state index contributed by atoms with van der Waals surface area (Å²) in [6.45, 7) is 0. The van der Waals surface area contributed by atoms with Gasteiger partial charge >= 0.3 is 0 Å². The highest BCUT2D eigenvalue weighted by Gasteiger charge is 2.08. The summed E-state index contributed by atoms with van der Waals surface area (Å²) < 4.78 is 12.3. The molecular weight excluding hydrogens is 522 g/mol. The smallest absolute Gasteiger partial charge is 0.271 e. The van der Waals surface area contributed by atoms with E-state index in [-0.39, 0.29) is 5.91 Å². The highest BCUT2D eigenvalue weighted by Crippen LogP contribution is 2.22. The van der Waals surface area contributed by atoms with Gasteiger partial charge in [-0.3, -0.25) is 4.79 Å². The summed E-state index contributed by atoms with van der Waals surface area (Å²) in [5, 5.41) is 3.98. The summed E-state index contributed by atoms with van der Waals surface area (Å²) in [6.07, 6.45) is 1.59. The average Bonchev–Trinajstić information content (AvgIpc) is 2.55. The molecule has 0 fully saturated rings. The molecule has 2 rings (SSSR count). The number of carbonyl (C=O) groups is 1. The Kier molecular flexibility index (Phi) is 6.63. The Morgan fingerprint density at radius 1 is 1.04 bits per heavy atom. The van der Waals surface area contributed by atoms with E-state index in [0.717, 1.165) is 18.5 Å². The van der Waals surface area contributed by atoms with Gasteiger partial charge in [-0.25, -0.2) is 5.43 Å². The fourth-order valence-corrected chi connectivity index (χ4v) is 3.11. The summed E-state index contributed by atoms with van der Waals surface area (Å²) in [5.41, 5.74) is 3.87. The third-order valence-electron chi connectivity index (χ3n) is 2.97. The van der Waals surface area contributed by atoms with Crippen molar-refractivity contribution in [3.05, 3.63) is 54.7 Å². The lowest BCUT2D eigenvalue weighted by atomic mass is 10.2. The van der Waals surface area contributed by atoms with Crippen LogP contribution >= 0.6 is 45.2 Å². The summed E-state index contributed by atoms with van der Waals surface area (Å²) in [7, 11) is 3.20. The zero-order chi connectivity index (χ0) is 16.8. The molecule has 0 bridgehead atoms. The van der Waals surface area contributed by atoms with Crippen molar-refractivity contribution in [3.63, 3.8) is 0 Å². The molecule has 0 aliphatic rings. The molecular formula is C16H14I2N2O3. The van der Waals surface area contributed by atoms with Crippen molar-refractivity contribution < 1.29 is 14.3 Å². The van der Waals surface area contributed by atoms with Crippen molar-refractivity contribution in [2.24, 2.45) is 5.10 Å². The second-order valence-electron chi connectivity index (χ2n) is 4.44. The maximum absolute atomic E-state index is 12.1. The van der Waals surface area contributed by atoms with E-state index in [1.165, 1.54) is 0 Å². The zero-order valence-corrected chi connectivity index (χ0v) is 16.8. The number of methoxy groups -OCH3 is 2. The summed E-state index contributed by atoms with van der Waals surface area (Å²) in [5.74, 6) is 1.17. The van der Waals surface area contributed by atoms with Crippen LogP contribution < -0.4 is 14.9 Å². The highest BCUT2D eigenvalue weighted by molar-refractivity contribution is 14.1. The van der Waals surface area contributed by atoms with Gasteiger partial charge in [0, 0.05) is 5.56 Å². The molecule has 0 aliphatic heterocycles. The van der Waals surface area contributed by atoms with Crippen molar-refractivity contribution in [1.82, 2.24) is 5.43 Å². The van der Waals surface area contributed by atoms with Crippen LogP contribution in [-0.4, -0.2) is 26.3 Å². The summed E-state index contributed by atoms with van der Waals surface area (Å²) in [4.78, 5) is 12.1. The first kappa shape index (κ1) is 18.0. The van der Waals surface area contributed by atoms with Gasteiger partial charge < -0.3 is 9.47 Å². The molecule has 0 radical (unpaired) electrons. The number of nitrogens with zero attached hydrogens (tertiary/aromatic N) is 1. The minimum atomic E-state index is -0.292. The van der Waals surface area contributed by atoms with E-state index in [9.17, 15) is 4.79 Å². The Labute approximate surface area is 161 Å². The first-order valence-corrected chi connectivity index (χ1v) is 8.71. The number of hydrazone groups is 1. The molecule has 120 valence electrons. The number of amides is 1. The lowest BCUT2D eigenvalue weighted by Crippen LogP contribution is -2.17. The molecule has 0 saturated heterocycles. The van der Waals surface area contributed by atoms with Crippen LogP contribution in [0, 0.1) is 7.14 Å². The van der Waals surface area contributed by atoms with Gasteiger partial charge in [0.2, 0.25) is 0 Å². The number of halogens is 2. The number of hydrogen-bond donors (Lipinski definition) is 1. The largest absolute Gasteiger partial charge is 0.496 e. The minimum Gasteiger partial charge on any atom is -0.496 e. The van der Waals surface area contributed by atoms with E-state index in [4.69, 9.17) is 9.47 Å². The van der Waals surface area contributed by atoms with E-state index in [0.29, 0.717) is 11.3 Å². The molecule has 2 aromatic rings. The Morgan fingerprint density at radius 2 is 1.78 bits per heavy atom. The maximum atomic E-state index is 12.1. The van der Waals surface area contributed by atoms with Crippen molar-refractivity contribution >= 4 is 57.3 Å². The second-order valence-corrected chi connectivity index (χ2v) is 6.77. The number of rotatable bonds is 5. The quantitative estimate of drug-likeness (QED) is 0.361. The summed E-state index contributed by atoms with van der Waals surface area (Å²) in [6, 6.07) is 10.9. The predicted molar refractivity (Wildman–Crippen MR) is 106 cm³/mol. The molecule has 0 aliphatic carbocycles. The maximum Gasteiger partial charge on any atom is 0.271 e. The summed E-state index contributed by atoms with van der Waals surface area (Å²) >= 11 is 4.33. The van der Waals surface area contributed by atoms with Crippen molar-refractivity contribution in [2.45, 2.75) is 0 Å². The lowest BCUT2D eigenvalue weighted by molar-refractivity contribution is 0.0954. The van der Waals surface area contributed by atoms with Crippen LogP contribution in [0.2, 0.25) is 0 Å². The van der Waals surface area contributed by atoms with Gasteiger partial charge in [-0.2, -0.15) is 5.10 Å². The molecule has 5 nitrogen and oxygen atoms in total. The fourth-order valence-electron chi connectivity index (χ4n) is 1.79. The monoisotopic (exact) mass is 536 g/mol. The average molecular weight is 536 g/mol. The van der Waals surface area contributed by atoms with Crippen LogP contribution in [0.1, 0.15) is 15.9 Å². The van der Waals surface area contributed by atoms with Crippen LogP contribution in [0.15, 0.2) is 41.5 Å². The molecule has 0 aromatic heterocycles. The highest BCUT2D eigenvalue weighted by atomic mass is 127.